The van der Waals surface area contributed by atoms with Crippen LogP contribution in [0, 0.1) is 0 Å². The minimum Gasteiger partial charge on any atom is -0.366 e. The number of ether oxygens (including phenoxy) is 1. The number of carbonyl (C=O) groups excluding carboxylic acids is 2. The number of benzene rings is 1. The van der Waals surface area contributed by atoms with Crippen LogP contribution < -0.4 is 5.73 Å². The summed E-state index contributed by atoms with van der Waals surface area (Å²) in [6.07, 6.45) is -0.0607. The van der Waals surface area contributed by atoms with Gasteiger partial charge in [0.2, 0.25) is 0 Å². The molecule has 0 saturated carbocycles. The number of fused-ring (bicyclic) bond motifs is 1. The van der Waals surface area contributed by atoms with E-state index in [1.165, 1.54) is 13.8 Å². The van der Waals surface area contributed by atoms with Crippen molar-refractivity contribution in [1.82, 2.24) is 4.90 Å². The van der Waals surface area contributed by atoms with Crippen molar-refractivity contribution >= 4 is 11.8 Å². The minimum atomic E-state index is -1.35. The van der Waals surface area contributed by atoms with Gasteiger partial charge in [0.15, 0.2) is 5.79 Å². The quantitative estimate of drug-likeness (QED) is 0.596. The maximum absolute atomic E-state index is 12.3. The average molecular weight is 292 g/mol. The lowest BCUT2D eigenvalue weighted by Crippen LogP contribution is -2.42. The zero-order chi connectivity index (χ0) is 15.6. The smallest absolute Gasteiger partial charge is 0.261 e. The normalized spacial score (nSPS) is 16.3. The first kappa shape index (κ1) is 15.6. The van der Waals surface area contributed by atoms with Gasteiger partial charge in [-0.3, -0.25) is 14.5 Å². The number of carbonyl (C=O) groups is 2. The Bertz CT molecular complexity index is 516. The molecule has 2 amide bonds. The minimum absolute atomic E-state index is 0.0769. The van der Waals surface area contributed by atoms with E-state index in [2.05, 4.69) is 0 Å². The molecule has 114 valence electrons. The van der Waals surface area contributed by atoms with Crippen LogP contribution in [0.15, 0.2) is 24.3 Å². The Balaban J connectivity index is 2.15. The molecular weight excluding hydrogens is 272 g/mol. The van der Waals surface area contributed by atoms with Crippen molar-refractivity contribution in [2.24, 2.45) is 5.73 Å². The zero-order valence-corrected chi connectivity index (χ0v) is 12.2. The molecule has 2 rings (SSSR count). The molecule has 0 spiro atoms. The summed E-state index contributed by atoms with van der Waals surface area (Å²) in [6, 6.07) is 6.70. The second kappa shape index (κ2) is 5.93. The van der Waals surface area contributed by atoms with Gasteiger partial charge in [-0.25, -0.2) is 0 Å². The van der Waals surface area contributed by atoms with Gasteiger partial charge in [-0.2, -0.15) is 0 Å². The fourth-order valence-electron chi connectivity index (χ4n) is 2.39. The Labute approximate surface area is 123 Å². The number of hydrogen-bond donors (Lipinski definition) is 2. The zero-order valence-electron chi connectivity index (χ0n) is 12.2. The van der Waals surface area contributed by atoms with Crippen LogP contribution in [0.2, 0.25) is 0 Å². The molecule has 3 N–H and O–H groups in total. The van der Waals surface area contributed by atoms with E-state index in [4.69, 9.17) is 10.5 Å². The average Bonchev–Trinajstić information content (AvgIpc) is 2.63. The van der Waals surface area contributed by atoms with Gasteiger partial charge in [0.25, 0.3) is 11.8 Å². The molecule has 0 aliphatic carbocycles. The summed E-state index contributed by atoms with van der Waals surface area (Å²) < 4.78 is 5.47. The van der Waals surface area contributed by atoms with Crippen molar-refractivity contribution < 1.29 is 19.4 Å². The SMILES string of the molecule is CC(C)(O)OC(CCN)CN1C(=O)c2ccccc2C1=O. The van der Waals surface area contributed by atoms with Crippen LogP contribution in [0.1, 0.15) is 41.0 Å². The van der Waals surface area contributed by atoms with Gasteiger partial charge in [-0.15, -0.1) is 0 Å². The van der Waals surface area contributed by atoms with Crippen LogP contribution in [0.4, 0.5) is 0 Å². The third-order valence-corrected chi connectivity index (χ3v) is 3.21. The Morgan fingerprint density at radius 1 is 1.24 bits per heavy atom. The van der Waals surface area contributed by atoms with Gasteiger partial charge in [0.05, 0.1) is 23.8 Å². The summed E-state index contributed by atoms with van der Waals surface area (Å²) in [7, 11) is 0. The Kier molecular flexibility index (Phi) is 4.41. The second-order valence-corrected chi connectivity index (χ2v) is 5.53. The van der Waals surface area contributed by atoms with Crippen LogP contribution >= 0.6 is 0 Å². The van der Waals surface area contributed by atoms with Crippen molar-refractivity contribution in [3.63, 3.8) is 0 Å². The molecule has 21 heavy (non-hydrogen) atoms. The lowest BCUT2D eigenvalue weighted by atomic mass is 10.1. The van der Waals surface area contributed by atoms with Crippen molar-refractivity contribution in [3.8, 4) is 0 Å². The lowest BCUT2D eigenvalue weighted by molar-refractivity contribution is -0.207. The largest absolute Gasteiger partial charge is 0.366 e. The van der Waals surface area contributed by atoms with Crippen LogP contribution in [0.3, 0.4) is 0 Å². The third kappa shape index (κ3) is 3.47. The van der Waals surface area contributed by atoms with E-state index < -0.39 is 11.9 Å². The standard InChI is InChI=1S/C15H20N2O4/c1-15(2,20)21-10(7-8-16)9-17-13(18)11-5-3-4-6-12(11)14(17)19/h3-6,10,20H,7-9,16H2,1-2H3. The van der Waals surface area contributed by atoms with E-state index in [0.29, 0.717) is 24.1 Å². The number of hydrogen-bond acceptors (Lipinski definition) is 5. The van der Waals surface area contributed by atoms with Crippen molar-refractivity contribution in [2.45, 2.75) is 32.2 Å². The maximum atomic E-state index is 12.3. The first-order valence-corrected chi connectivity index (χ1v) is 6.89. The third-order valence-electron chi connectivity index (χ3n) is 3.21. The number of nitrogens with zero attached hydrogens (tertiary/aromatic N) is 1. The molecule has 1 aliphatic heterocycles. The first-order valence-electron chi connectivity index (χ1n) is 6.89. The molecule has 1 aromatic rings. The van der Waals surface area contributed by atoms with E-state index in [0.717, 1.165) is 4.90 Å². The Morgan fingerprint density at radius 2 is 1.76 bits per heavy atom. The number of rotatable bonds is 6. The van der Waals surface area contributed by atoms with Crippen molar-refractivity contribution in [1.29, 1.82) is 0 Å². The molecule has 6 nitrogen and oxygen atoms in total. The summed E-state index contributed by atoms with van der Waals surface area (Å²) in [4.78, 5) is 25.7. The van der Waals surface area contributed by atoms with E-state index in [9.17, 15) is 14.7 Å². The second-order valence-electron chi connectivity index (χ2n) is 5.53. The molecule has 1 atom stereocenters. The van der Waals surface area contributed by atoms with Gasteiger partial charge in [-0.05, 0) is 38.9 Å². The van der Waals surface area contributed by atoms with Crippen molar-refractivity contribution in [2.75, 3.05) is 13.1 Å². The number of amides is 2. The van der Waals surface area contributed by atoms with E-state index >= 15 is 0 Å². The van der Waals surface area contributed by atoms with Gasteiger partial charge in [-0.1, -0.05) is 12.1 Å². The monoisotopic (exact) mass is 292 g/mol. The summed E-state index contributed by atoms with van der Waals surface area (Å²) in [5, 5.41) is 9.74. The molecule has 1 aliphatic rings. The van der Waals surface area contributed by atoms with Crippen molar-refractivity contribution in [3.05, 3.63) is 35.4 Å². The number of aliphatic hydroxyl groups is 1. The fourth-order valence-corrected chi connectivity index (χ4v) is 2.39. The van der Waals surface area contributed by atoms with Crippen LogP contribution in [-0.4, -0.2) is 46.8 Å². The molecule has 0 aromatic heterocycles. The molecule has 0 bridgehead atoms. The first-order chi connectivity index (χ1) is 9.83. The Hall–Kier alpha value is -1.76. The summed E-state index contributed by atoms with van der Waals surface area (Å²) in [5.74, 6) is -2.02. The van der Waals surface area contributed by atoms with Crippen LogP contribution in [0.25, 0.3) is 0 Å². The van der Waals surface area contributed by atoms with Crippen LogP contribution in [-0.2, 0) is 4.74 Å². The van der Waals surface area contributed by atoms with E-state index in [-0.39, 0.29) is 18.4 Å². The number of nitrogens with two attached hydrogens (primary N) is 1. The highest BCUT2D eigenvalue weighted by Crippen LogP contribution is 2.24. The number of imide groups is 1. The molecule has 0 radical (unpaired) electrons. The molecule has 0 saturated heterocycles. The maximum Gasteiger partial charge on any atom is 0.261 e. The molecule has 6 heteroatoms. The van der Waals surface area contributed by atoms with Gasteiger partial charge < -0.3 is 15.6 Å². The van der Waals surface area contributed by atoms with Gasteiger partial charge >= 0.3 is 0 Å². The lowest BCUT2D eigenvalue weighted by Gasteiger charge is -2.28. The topological polar surface area (TPSA) is 92.9 Å². The summed E-state index contributed by atoms with van der Waals surface area (Å²) >= 11 is 0. The van der Waals surface area contributed by atoms with E-state index in [1.807, 2.05) is 0 Å². The predicted molar refractivity (Wildman–Crippen MR) is 76.7 cm³/mol. The molecule has 1 aromatic carbocycles. The Morgan fingerprint density at radius 3 is 2.19 bits per heavy atom. The molecule has 1 unspecified atom stereocenters. The fraction of sp³-hybridized carbons (Fsp3) is 0.467. The van der Waals surface area contributed by atoms with E-state index in [1.54, 1.807) is 24.3 Å². The van der Waals surface area contributed by atoms with Gasteiger partial charge in [0.1, 0.15) is 0 Å². The highest BCUT2D eigenvalue weighted by atomic mass is 16.6. The highest BCUT2D eigenvalue weighted by molar-refractivity contribution is 6.21. The predicted octanol–water partition coefficient (Wildman–Crippen LogP) is 0.745. The summed E-state index contributed by atoms with van der Waals surface area (Å²) in [5.41, 5.74) is 6.33. The van der Waals surface area contributed by atoms with Crippen LogP contribution in [0.5, 0.6) is 0 Å². The summed E-state index contributed by atoms with van der Waals surface area (Å²) in [6.45, 7) is 3.41. The highest BCUT2D eigenvalue weighted by Gasteiger charge is 2.37. The molecular formula is C15H20N2O4. The molecule has 1 heterocycles. The molecule has 0 fully saturated rings. The van der Waals surface area contributed by atoms with Gasteiger partial charge in [0, 0.05) is 0 Å².